The van der Waals surface area contributed by atoms with E-state index >= 15 is 0 Å². The molecule has 1 aliphatic carbocycles. The van der Waals surface area contributed by atoms with Crippen molar-refractivity contribution < 1.29 is 0 Å². The lowest BCUT2D eigenvalue weighted by atomic mass is 9.85. The summed E-state index contributed by atoms with van der Waals surface area (Å²) >= 11 is 1.86. The fourth-order valence-electron chi connectivity index (χ4n) is 8.87. The number of fused-ring (bicyclic) bond motifs is 4. The summed E-state index contributed by atoms with van der Waals surface area (Å²) in [5.41, 5.74) is 14.6. The number of nitrogens with zero attached hydrogens (tertiary/aromatic N) is 1. The predicted molar refractivity (Wildman–Crippen MR) is 259 cm³/mol. The molecule has 0 radical (unpaired) electrons. The first kappa shape index (κ1) is 35.9. The van der Waals surface area contributed by atoms with E-state index in [9.17, 15) is 0 Å². The fourth-order valence-corrected chi connectivity index (χ4v) is 10.0. The number of allylic oxidation sites excluding steroid dienone is 4. The van der Waals surface area contributed by atoms with Crippen LogP contribution in [-0.2, 0) is 0 Å². The minimum absolute atomic E-state index is 0.306. The summed E-state index contributed by atoms with van der Waals surface area (Å²) in [5, 5.41) is 5.18. The lowest BCUT2D eigenvalue weighted by molar-refractivity contribution is 0.867. The van der Waals surface area contributed by atoms with Crippen molar-refractivity contribution in [2.75, 3.05) is 4.90 Å². The molecule has 0 saturated heterocycles. The molecule has 1 aromatic heterocycles. The summed E-state index contributed by atoms with van der Waals surface area (Å²) < 4.78 is 2.61. The van der Waals surface area contributed by atoms with Crippen LogP contribution in [0.5, 0.6) is 0 Å². The summed E-state index contributed by atoms with van der Waals surface area (Å²) in [7, 11) is 0. The Balaban J connectivity index is 0.953. The maximum absolute atomic E-state index is 2.41. The molecule has 0 spiro atoms. The first-order chi connectivity index (χ1) is 29.7. The van der Waals surface area contributed by atoms with E-state index in [0.29, 0.717) is 5.92 Å². The van der Waals surface area contributed by atoms with Gasteiger partial charge in [-0.3, -0.25) is 0 Å². The maximum atomic E-state index is 2.41. The number of benzene rings is 9. The molecule has 284 valence electrons. The molecule has 1 atom stereocenters. The van der Waals surface area contributed by atoms with Crippen LogP contribution in [0.1, 0.15) is 23.5 Å². The highest BCUT2D eigenvalue weighted by atomic mass is 32.1. The third-order valence-corrected chi connectivity index (χ3v) is 13.1. The van der Waals surface area contributed by atoms with Crippen LogP contribution in [-0.4, -0.2) is 0 Å². The largest absolute Gasteiger partial charge is 0.310 e. The van der Waals surface area contributed by atoms with Crippen LogP contribution in [0.25, 0.3) is 69.9 Å². The summed E-state index contributed by atoms with van der Waals surface area (Å²) in [6.07, 6.45) is 7.84. The number of rotatable bonds is 8. The van der Waals surface area contributed by atoms with E-state index in [1.165, 1.54) is 81.0 Å². The molecule has 0 amide bonds. The number of hydrogen-bond acceptors (Lipinski definition) is 2. The molecule has 9 aromatic carbocycles. The first-order valence-electron chi connectivity index (χ1n) is 20.7. The maximum Gasteiger partial charge on any atom is 0.0476 e. The third-order valence-electron chi connectivity index (χ3n) is 12.0. The van der Waals surface area contributed by atoms with Crippen LogP contribution >= 0.6 is 11.3 Å². The number of anilines is 3. The second kappa shape index (κ2) is 15.5. The molecule has 0 saturated carbocycles. The standard InChI is InChI=1S/C58H41NS/c1-3-12-40(13-4-1)49-36-50(41-14-5-2-6-15-41)38-51(37-49)44-26-30-53(31-27-44)59(54-32-33-56-55-20-9-10-21-57(55)60-58(56)39-54)52-28-24-43(25-29-52)46-18-11-19-47(34-46)48-23-22-42-16-7-8-17-45(42)35-48/h1-33,35-39,46H,34H2. The van der Waals surface area contributed by atoms with E-state index in [4.69, 9.17) is 0 Å². The third kappa shape index (κ3) is 6.91. The summed E-state index contributed by atoms with van der Waals surface area (Å²) in [6.45, 7) is 0. The Kier molecular flexibility index (Phi) is 9.26. The highest BCUT2D eigenvalue weighted by molar-refractivity contribution is 7.25. The van der Waals surface area contributed by atoms with Gasteiger partial charge in [-0.1, -0.05) is 164 Å². The molecule has 2 heteroatoms. The number of hydrogen-bond donors (Lipinski definition) is 0. The van der Waals surface area contributed by atoms with Gasteiger partial charge < -0.3 is 4.90 Å². The van der Waals surface area contributed by atoms with Gasteiger partial charge in [-0.05, 0) is 134 Å². The second-order valence-corrected chi connectivity index (χ2v) is 16.8. The molecule has 0 N–H and O–H groups in total. The molecule has 11 rings (SSSR count). The van der Waals surface area contributed by atoms with Crippen molar-refractivity contribution in [3.8, 4) is 33.4 Å². The molecular weight excluding hydrogens is 743 g/mol. The molecule has 60 heavy (non-hydrogen) atoms. The zero-order valence-corrected chi connectivity index (χ0v) is 33.9. The lowest BCUT2D eigenvalue weighted by Gasteiger charge is -2.27. The molecule has 0 bridgehead atoms. The summed E-state index contributed by atoms with van der Waals surface area (Å²) in [4.78, 5) is 2.41. The van der Waals surface area contributed by atoms with E-state index in [0.717, 1.165) is 23.5 Å². The molecular formula is C58H41NS. The molecule has 0 aliphatic heterocycles. The van der Waals surface area contributed by atoms with Crippen molar-refractivity contribution in [1.29, 1.82) is 0 Å². The average molecular weight is 784 g/mol. The van der Waals surface area contributed by atoms with E-state index in [1.54, 1.807) is 0 Å². The van der Waals surface area contributed by atoms with Crippen LogP contribution < -0.4 is 4.90 Å². The zero-order chi connectivity index (χ0) is 39.8. The van der Waals surface area contributed by atoms with Gasteiger partial charge in [0.15, 0.2) is 0 Å². The van der Waals surface area contributed by atoms with Crippen molar-refractivity contribution in [3.05, 3.63) is 242 Å². The quantitative estimate of drug-likeness (QED) is 0.148. The Hall–Kier alpha value is -7.26. The first-order valence-corrected chi connectivity index (χ1v) is 21.6. The van der Waals surface area contributed by atoms with Gasteiger partial charge in [-0.2, -0.15) is 0 Å². The Morgan fingerprint density at radius 3 is 1.63 bits per heavy atom. The molecule has 0 fully saturated rings. The topological polar surface area (TPSA) is 3.24 Å². The lowest BCUT2D eigenvalue weighted by Crippen LogP contribution is -2.10. The molecule has 1 aliphatic rings. The van der Waals surface area contributed by atoms with Crippen molar-refractivity contribution in [2.24, 2.45) is 0 Å². The van der Waals surface area contributed by atoms with Crippen LogP contribution in [0.4, 0.5) is 17.1 Å². The summed E-state index contributed by atoms with van der Waals surface area (Å²) in [6, 6.07) is 77.8. The second-order valence-electron chi connectivity index (χ2n) is 15.7. The van der Waals surface area contributed by atoms with Gasteiger partial charge in [0.2, 0.25) is 0 Å². The summed E-state index contributed by atoms with van der Waals surface area (Å²) in [5.74, 6) is 0.306. The molecule has 1 heterocycles. The zero-order valence-electron chi connectivity index (χ0n) is 33.1. The highest BCUT2D eigenvalue weighted by Crippen LogP contribution is 2.43. The monoisotopic (exact) mass is 783 g/mol. The van der Waals surface area contributed by atoms with Crippen LogP contribution in [0, 0.1) is 0 Å². The molecule has 10 aromatic rings. The minimum atomic E-state index is 0.306. The fraction of sp³-hybridized carbons (Fsp3) is 0.0345. The number of thiophene rings is 1. The van der Waals surface area contributed by atoms with Gasteiger partial charge >= 0.3 is 0 Å². The van der Waals surface area contributed by atoms with Crippen molar-refractivity contribution >= 4 is 64.9 Å². The van der Waals surface area contributed by atoms with Gasteiger partial charge in [0.05, 0.1) is 0 Å². The molecule has 1 unspecified atom stereocenters. The van der Waals surface area contributed by atoms with E-state index in [-0.39, 0.29) is 0 Å². The van der Waals surface area contributed by atoms with Gasteiger partial charge in [0.25, 0.3) is 0 Å². The van der Waals surface area contributed by atoms with E-state index in [2.05, 4.69) is 235 Å². The Morgan fingerprint density at radius 2 is 0.933 bits per heavy atom. The minimum Gasteiger partial charge on any atom is -0.310 e. The Labute approximate surface area is 355 Å². The molecule has 1 nitrogen and oxygen atoms in total. The van der Waals surface area contributed by atoms with Crippen LogP contribution in [0.15, 0.2) is 231 Å². The Bertz CT molecular complexity index is 3150. The van der Waals surface area contributed by atoms with Crippen LogP contribution in [0.2, 0.25) is 0 Å². The van der Waals surface area contributed by atoms with Crippen molar-refractivity contribution in [3.63, 3.8) is 0 Å². The smallest absolute Gasteiger partial charge is 0.0476 e. The van der Waals surface area contributed by atoms with Gasteiger partial charge in [0, 0.05) is 43.2 Å². The van der Waals surface area contributed by atoms with E-state index in [1.807, 2.05) is 11.3 Å². The average Bonchev–Trinajstić information content (AvgIpc) is 3.70. The van der Waals surface area contributed by atoms with Gasteiger partial charge in [-0.25, -0.2) is 0 Å². The normalized spacial score (nSPS) is 13.8. The van der Waals surface area contributed by atoms with Crippen LogP contribution in [0.3, 0.4) is 0 Å². The van der Waals surface area contributed by atoms with Gasteiger partial charge in [-0.15, -0.1) is 11.3 Å². The highest BCUT2D eigenvalue weighted by Gasteiger charge is 2.19. The van der Waals surface area contributed by atoms with Crippen molar-refractivity contribution in [1.82, 2.24) is 0 Å². The predicted octanol–water partition coefficient (Wildman–Crippen LogP) is 16.8. The van der Waals surface area contributed by atoms with E-state index < -0.39 is 0 Å². The SMILES string of the molecule is C1=CC(c2ccc(N(c3ccc(-c4cc(-c5ccccc5)cc(-c5ccccc5)c4)cc3)c3ccc4c(c3)sc3ccccc34)cc2)CC(c2ccc3ccccc3c2)=C1. The van der Waals surface area contributed by atoms with Gasteiger partial charge in [0.1, 0.15) is 0 Å². The van der Waals surface area contributed by atoms with Crippen molar-refractivity contribution in [2.45, 2.75) is 12.3 Å². The Morgan fingerprint density at radius 1 is 0.383 bits per heavy atom.